The van der Waals surface area contributed by atoms with Gasteiger partial charge in [-0.15, -0.1) is 0 Å². The molecule has 1 aliphatic heterocycles. The standard InChI is InChI=1S/C13H19FN2O2/c1-8-3-4-16(7-12(8)17)11-6-13(18-2)9(14)5-10(11)15/h5-6,8,12,17H,3-4,7,15H2,1-2H3. The van der Waals surface area contributed by atoms with Gasteiger partial charge in [0.1, 0.15) is 0 Å². The molecule has 0 amide bonds. The van der Waals surface area contributed by atoms with Crippen LogP contribution in [0, 0.1) is 11.7 Å². The highest BCUT2D eigenvalue weighted by Gasteiger charge is 2.26. The van der Waals surface area contributed by atoms with E-state index in [-0.39, 0.29) is 17.8 Å². The highest BCUT2D eigenvalue weighted by Crippen LogP contribution is 2.33. The number of nitrogens with two attached hydrogens (primary N) is 1. The average molecular weight is 254 g/mol. The first kappa shape index (κ1) is 13.0. The lowest BCUT2D eigenvalue weighted by molar-refractivity contribution is 0.103. The molecule has 1 aliphatic rings. The van der Waals surface area contributed by atoms with Crippen LogP contribution in [0.2, 0.25) is 0 Å². The van der Waals surface area contributed by atoms with Crippen LogP contribution in [0.15, 0.2) is 12.1 Å². The average Bonchev–Trinajstić information content (AvgIpc) is 2.33. The Morgan fingerprint density at radius 3 is 2.83 bits per heavy atom. The van der Waals surface area contributed by atoms with Gasteiger partial charge in [-0.25, -0.2) is 4.39 Å². The van der Waals surface area contributed by atoms with E-state index in [1.165, 1.54) is 13.2 Å². The molecule has 1 fully saturated rings. The van der Waals surface area contributed by atoms with Gasteiger partial charge in [0, 0.05) is 25.2 Å². The number of piperidine rings is 1. The second-order valence-electron chi connectivity index (χ2n) is 4.82. The normalized spacial score (nSPS) is 24.1. The van der Waals surface area contributed by atoms with Gasteiger partial charge < -0.3 is 20.5 Å². The maximum atomic E-state index is 13.5. The summed E-state index contributed by atoms with van der Waals surface area (Å²) in [7, 11) is 1.42. The summed E-state index contributed by atoms with van der Waals surface area (Å²) in [4.78, 5) is 1.97. The Labute approximate surface area is 106 Å². The Morgan fingerprint density at radius 2 is 2.22 bits per heavy atom. The fourth-order valence-electron chi connectivity index (χ4n) is 2.26. The maximum absolute atomic E-state index is 13.5. The number of hydrogen-bond acceptors (Lipinski definition) is 4. The molecule has 0 spiro atoms. The third-order valence-corrected chi connectivity index (χ3v) is 3.56. The molecular weight excluding hydrogens is 235 g/mol. The topological polar surface area (TPSA) is 58.7 Å². The number of β-amino-alcohol motifs (C(OH)–C–C–N with tert-alkyl or cyclic N) is 1. The van der Waals surface area contributed by atoms with E-state index in [4.69, 9.17) is 10.5 Å². The molecule has 2 atom stereocenters. The molecule has 2 rings (SSSR count). The van der Waals surface area contributed by atoms with Crippen molar-refractivity contribution < 1.29 is 14.2 Å². The van der Waals surface area contributed by atoms with E-state index < -0.39 is 5.82 Å². The summed E-state index contributed by atoms with van der Waals surface area (Å²) in [5.74, 6) is -0.0122. The van der Waals surface area contributed by atoms with Gasteiger partial charge in [0.2, 0.25) is 0 Å². The van der Waals surface area contributed by atoms with E-state index in [0.29, 0.717) is 12.2 Å². The quantitative estimate of drug-likeness (QED) is 0.787. The molecule has 2 unspecified atom stereocenters. The second-order valence-corrected chi connectivity index (χ2v) is 4.82. The number of benzene rings is 1. The first-order valence-electron chi connectivity index (χ1n) is 6.09. The lowest BCUT2D eigenvalue weighted by Gasteiger charge is -2.36. The second kappa shape index (κ2) is 5.02. The predicted molar refractivity (Wildman–Crippen MR) is 69.4 cm³/mol. The number of halogens is 1. The van der Waals surface area contributed by atoms with Crippen molar-refractivity contribution >= 4 is 11.4 Å². The predicted octanol–water partition coefficient (Wildman–Crippen LogP) is 1.62. The summed E-state index contributed by atoms with van der Waals surface area (Å²) < 4.78 is 18.4. The SMILES string of the molecule is COc1cc(N2CCC(C)C(O)C2)c(N)cc1F. The van der Waals surface area contributed by atoms with Gasteiger partial charge in [-0.1, -0.05) is 6.92 Å². The smallest absolute Gasteiger partial charge is 0.167 e. The fraction of sp³-hybridized carbons (Fsp3) is 0.538. The molecule has 18 heavy (non-hydrogen) atoms. The Balaban J connectivity index is 2.28. The Kier molecular flexibility index (Phi) is 3.61. The largest absolute Gasteiger partial charge is 0.494 e. The Morgan fingerprint density at radius 1 is 1.50 bits per heavy atom. The van der Waals surface area contributed by atoms with Crippen LogP contribution >= 0.6 is 0 Å². The number of aliphatic hydroxyl groups excluding tert-OH is 1. The van der Waals surface area contributed by atoms with Crippen molar-refractivity contribution in [3.63, 3.8) is 0 Å². The molecule has 0 bridgehead atoms. The summed E-state index contributed by atoms with van der Waals surface area (Å²) in [5.41, 5.74) is 6.93. The van der Waals surface area contributed by atoms with Crippen molar-refractivity contribution in [3.05, 3.63) is 17.9 Å². The lowest BCUT2D eigenvalue weighted by Crippen LogP contribution is -2.43. The van der Waals surface area contributed by atoms with E-state index in [1.54, 1.807) is 6.07 Å². The molecule has 0 aromatic heterocycles. The molecule has 0 aliphatic carbocycles. The van der Waals surface area contributed by atoms with Crippen molar-refractivity contribution in [3.8, 4) is 5.75 Å². The highest BCUT2D eigenvalue weighted by molar-refractivity contribution is 5.70. The zero-order chi connectivity index (χ0) is 13.3. The highest BCUT2D eigenvalue weighted by atomic mass is 19.1. The maximum Gasteiger partial charge on any atom is 0.167 e. The van der Waals surface area contributed by atoms with Crippen molar-refractivity contribution in [1.29, 1.82) is 0 Å². The third kappa shape index (κ3) is 2.36. The molecular formula is C13H19FN2O2. The third-order valence-electron chi connectivity index (χ3n) is 3.56. The Hall–Kier alpha value is -1.49. The van der Waals surface area contributed by atoms with Crippen LogP contribution < -0.4 is 15.4 Å². The fourth-order valence-corrected chi connectivity index (χ4v) is 2.26. The zero-order valence-electron chi connectivity index (χ0n) is 10.7. The summed E-state index contributed by atoms with van der Waals surface area (Å²) in [6.45, 7) is 3.34. The van der Waals surface area contributed by atoms with Crippen LogP contribution in [0.4, 0.5) is 15.8 Å². The number of hydrogen-bond donors (Lipinski definition) is 2. The summed E-state index contributed by atoms with van der Waals surface area (Å²) in [5, 5.41) is 9.89. The number of ether oxygens (including phenoxy) is 1. The summed E-state index contributed by atoms with van der Waals surface area (Å²) >= 11 is 0. The molecule has 1 aromatic carbocycles. The molecule has 1 saturated heterocycles. The van der Waals surface area contributed by atoms with E-state index in [2.05, 4.69) is 0 Å². The number of methoxy groups -OCH3 is 1. The van der Waals surface area contributed by atoms with Gasteiger partial charge in [0.25, 0.3) is 0 Å². The van der Waals surface area contributed by atoms with Crippen molar-refractivity contribution in [1.82, 2.24) is 0 Å². The molecule has 100 valence electrons. The molecule has 4 nitrogen and oxygen atoms in total. The molecule has 5 heteroatoms. The number of anilines is 2. The molecule has 3 N–H and O–H groups in total. The summed E-state index contributed by atoms with van der Waals surface area (Å²) in [6, 6.07) is 2.85. The molecule has 1 heterocycles. The minimum Gasteiger partial charge on any atom is -0.494 e. The van der Waals surface area contributed by atoms with Crippen molar-refractivity contribution in [2.75, 3.05) is 30.8 Å². The zero-order valence-corrected chi connectivity index (χ0v) is 10.7. The molecule has 0 saturated carbocycles. The number of nitrogen functional groups attached to an aromatic ring is 1. The minimum atomic E-state index is -0.468. The van der Waals surface area contributed by atoms with Gasteiger partial charge >= 0.3 is 0 Å². The monoisotopic (exact) mass is 254 g/mol. The number of rotatable bonds is 2. The van der Waals surface area contributed by atoms with Gasteiger partial charge in [0.15, 0.2) is 11.6 Å². The molecule has 1 aromatic rings. The van der Waals surface area contributed by atoms with E-state index >= 15 is 0 Å². The van der Waals surface area contributed by atoms with Crippen LogP contribution in [-0.2, 0) is 0 Å². The van der Waals surface area contributed by atoms with Crippen LogP contribution in [-0.4, -0.2) is 31.4 Å². The molecule has 0 radical (unpaired) electrons. The first-order chi connectivity index (χ1) is 8.52. The van der Waals surface area contributed by atoms with Crippen LogP contribution in [0.25, 0.3) is 0 Å². The van der Waals surface area contributed by atoms with Gasteiger partial charge in [-0.3, -0.25) is 0 Å². The van der Waals surface area contributed by atoms with Gasteiger partial charge in [0.05, 0.1) is 24.6 Å². The van der Waals surface area contributed by atoms with Crippen LogP contribution in [0.3, 0.4) is 0 Å². The van der Waals surface area contributed by atoms with Gasteiger partial charge in [-0.05, 0) is 12.3 Å². The summed E-state index contributed by atoms with van der Waals surface area (Å²) in [6.07, 6.45) is 0.509. The van der Waals surface area contributed by atoms with Gasteiger partial charge in [-0.2, -0.15) is 0 Å². The van der Waals surface area contributed by atoms with E-state index in [9.17, 15) is 9.50 Å². The van der Waals surface area contributed by atoms with E-state index in [1.807, 2.05) is 11.8 Å². The van der Waals surface area contributed by atoms with Crippen LogP contribution in [0.1, 0.15) is 13.3 Å². The van der Waals surface area contributed by atoms with Crippen LogP contribution in [0.5, 0.6) is 5.75 Å². The minimum absolute atomic E-state index is 0.173. The van der Waals surface area contributed by atoms with Crippen molar-refractivity contribution in [2.24, 2.45) is 5.92 Å². The Bertz CT molecular complexity index is 439. The first-order valence-corrected chi connectivity index (χ1v) is 6.09. The lowest BCUT2D eigenvalue weighted by atomic mass is 9.95. The van der Waals surface area contributed by atoms with E-state index in [0.717, 1.165) is 18.7 Å². The van der Waals surface area contributed by atoms with Crippen molar-refractivity contribution in [2.45, 2.75) is 19.4 Å². The number of nitrogens with zero attached hydrogens (tertiary/aromatic N) is 1. The number of aliphatic hydroxyl groups is 1.